The molecule has 0 bridgehead atoms. The van der Waals surface area contributed by atoms with E-state index in [0.29, 0.717) is 11.0 Å². The maximum absolute atomic E-state index is 9.32. The number of aliphatic hydroxyl groups is 1. The van der Waals surface area contributed by atoms with Crippen molar-refractivity contribution in [2.45, 2.75) is 32.5 Å². The van der Waals surface area contributed by atoms with Crippen molar-refractivity contribution in [2.75, 3.05) is 18.0 Å². The van der Waals surface area contributed by atoms with Gasteiger partial charge in [-0.1, -0.05) is 11.6 Å². The zero-order valence-electron chi connectivity index (χ0n) is 14.6. The largest absolute Gasteiger partial charge is 0.490 e. The summed E-state index contributed by atoms with van der Waals surface area (Å²) in [6, 6.07) is 8.17. The summed E-state index contributed by atoms with van der Waals surface area (Å²) >= 11 is 6.18. The van der Waals surface area contributed by atoms with Crippen LogP contribution in [0.25, 0.3) is 10.9 Å². The molecule has 1 aliphatic rings. The summed E-state index contributed by atoms with van der Waals surface area (Å²) in [5.74, 6) is 2.06. The van der Waals surface area contributed by atoms with Crippen LogP contribution in [-0.2, 0) is 6.61 Å². The molecule has 0 radical (unpaired) electrons. The zero-order chi connectivity index (χ0) is 18.1. The first kappa shape index (κ1) is 17.1. The Labute approximate surface area is 156 Å². The highest BCUT2D eigenvalue weighted by Crippen LogP contribution is 2.28. The molecule has 2 aromatic heterocycles. The molecule has 1 aromatic carbocycles. The fraction of sp³-hybridized carbons (Fsp3) is 0.368. The Hall–Kier alpha value is -2.31. The number of fused-ring (bicyclic) bond motifs is 1. The number of nitrogens with one attached hydrogen (secondary N) is 1. The second-order valence-electron chi connectivity index (χ2n) is 6.57. The normalized spacial score (nSPS) is 15.6. The van der Waals surface area contributed by atoms with Crippen LogP contribution < -0.4 is 9.64 Å². The Morgan fingerprint density at radius 3 is 2.85 bits per heavy atom. The van der Waals surface area contributed by atoms with E-state index in [0.717, 1.165) is 54.0 Å². The minimum absolute atomic E-state index is 0.178. The number of H-pyrrole nitrogens is 1. The average Bonchev–Trinajstić information content (AvgIpc) is 3.12. The molecule has 6 nitrogen and oxygen atoms in total. The average molecular weight is 373 g/mol. The van der Waals surface area contributed by atoms with Gasteiger partial charge < -0.3 is 19.7 Å². The van der Waals surface area contributed by atoms with Crippen LogP contribution in [0.2, 0.25) is 5.15 Å². The summed E-state index contributed by atoms with van der Waals surface area (Å²) in [5, 5.41) is 10.9. The number of halogens is 1. The Balaban J connectivity index is 1.43. The Morgan fingerprint density at radius 2 is 2.08 bits per heavy atom. The molecular weight excluding hydrogens is 352 g/mol. The van der Waals surface area contributed by atoms with Gasteiger partial charge in [0.15, 0.2) is 5.82 Å². The molecule has 0 saturated carbocycles. The third-order valence-corrected chi connectivity index (χ3v) is 5.19. The highest BCUT2D eigenvalue weighted by molar-refractivity contribution is 6.30. The number of hydrogen-bond donors (Lipinski definition) is 2. The predicted octanol–water partition coefficient (Wildman–Crippen LogP) is 3.46. The van der Waals surface area contributed by atoms with E-state index in [4.69, 9.17) is 16.3 Å². The van der Waals surface area contributed by atoms with Gasteiger partial charge in [-0.2, -0.15) is 0 Å². The Morgan fingerprint density at radius 1 is 1.27 bits per heavy atom. The van der Waals surface area contributed by atoms with Gasteiger partial charge in [0.25, 0.3) is 0 Å². The van der Waals surface area contributed by atoms with Crippen LogP contribution in [0.5, 0.6) is 5.75 Å². The summed E-state index contributed by atoms with van der Waals surface area (Å²) in [7, 11) is 0. The lowest BCUT2D eigenvalue weighted by Crippen LogP contribution is -2.39. The van der Waals surface area contributed by atoms with Crippen LogP contribution in [0.15, 0.2) is 30.5 Å². The van der Waals surface area contributed by atoms with Crippen molar-refractivity contribution in [1.29, 1.82) is 0 Å². The van der Waals surface area contributed by atoms with Crippen molar-refractivity contribution in [1.82, 2.24) is 15.0 Å². The summed E-state index contributed by atoms with van der Waals surface area (Å²) < 4.78 is 6.18. The van der Waals surface area contributed by atoms with Gasteiger partial charge in [0.1, 0.15) is 29.4 Å². The number of benzene rings is 1. The number of anilines is 1. The van der Waals surface area contributed by atoms with E-state index >= 15 is 0 Å². The third-order valence-electron chi connectivity index (χ3n) is 4.82. The fourth-order valence-electron chi connectivity index (χ4n) is 3.38. The number of rotatable bonds is 4. The Bertz CT molecular complexity index is 919. The van der Waals surface area contributed by atoms with Crippen molar-refractivity contribution in [3.05, 3.63) is 47.0 Å². The molecule has 0 atom stereocenters. The van der Waals surface area contributed by atoms with E-state index < -0.39 is 0 Å². The van der Waals surface area contributed by atoms with E-state index in [1.807, 2.05) is 31.3 Å². The van der Waals surface area contributed by atoms with E-state index in [1.165, 1.54) is 0 Å². The maximum atomic E-state index is 9.32. The van der Waals surface area contributed by atoms with Gasteiger partial charge in [-0.3, -0.25) is 0 Å². The fourth-order valence-corrected chi connectivity index (χ4v) is 3.56. The van der Waals surface area contributed by atoms with E-state index in [-0.39, 0.29) is 12.7 Å². The van der Waals surface area contributed by atoms with Gasteiger partial charge in [0, 0.05) is 48.6 Å². The van der Waals surface area contributed by atoms with E-state index in [2.05, 4.69) is 25.9 Å². The summed E-state index contributed by atoms with van der Waals surface area (Å²) in [4.78, 5) is 13.9. The minimum Gasteiger partial charge on any atom is -0.490 e. The smallest absolute Gasteiger partial charge is 0.157 e. The van der Waals surface area contributed by atoms with Crippen LogP contribution in [0, 0.1) is 6.92 Å². The minimum atomic E-state index is -0.214. The molecule has 3 aromatic rings. The number of ether oxygens (including phenoxy) is 1. The quantitative estimate of drug-likeness (QED) is 0.686. The van der Waals surface area contributed by atoms with Gasteiger partial charge in [-0.25, -0.2) is 9.97 Å². The van der Waals surface area contributed by atoms with Crippen molar-refractivity contribution < 1.29 is 9.84 Å². The number of hydrogen-bond acceptors (Lipinski definition) is 5. The molecule has 0 aliphatic carbocycles. The number of nitrogens with zero attached hydrogens (tertiary/aromatic N) is 3. The van der Waals surface area contributed by atoms with Crippen molar-refractivity contribution in [3.8, 4) is 5.75 Å². The van der Waals surface area contributed by atoms with Crippen LogP contribution in [0.3, 0.4) is 0 Å². The summed E-state index contributed by atoms with van der Waals surface area (Å²) in [6.07, 6.45) is 3.92. The zero-order valence-corrected chi connectivity index (χ0v) is 15.3. The molecule has 0 unspecified atom stereocenters. The predicted molar refractivity (Wildman–Crippen MR) is 102 cm³/mol. The number of aliphatic hydroxyl groups excluding tert-OH is 1. The molecule has 7 heteroatoms. The standard InChI is InChI=1S/C19H21ClN4O2/c1-12-18(20)22-17(11-25)23-19(12)24-8-5-14(6-9-24)26-15-2-3-16-13(10-15)4-7-21-16/h2-4,7,10,14,21,25H,5-6,8-9,11H2,1H3. The number of aromatic nitrogens is 3. The molecule has 26 heavy (non-hydrogen) atoms. The SMILES string of the molecule is Cc1c(Cl)nc(CO)nc1N1CCC(Oc2ccc3[nH]ccc3c2)CC1. The van der Waals surface area contributed by atoms with Gasteiger partial charge in [0.2, 0.25) is 0 Å². The van der Waals surface area contributed by atoms with Gasteiger partial charge in [0.05, 0.1) is 0 Å². The van der Waals surface area contributed by atoms with Crippen LogP contribution >= 0.6 is 11.6 Å². The van der Waals surface area contributed by atoms with E-state index in [9.17, 15) is 5.11 Å². The second kappa shape index (κ2) is 7.13. The monoisotopic (exact) mass is 372 g/mol. The highest BCUT2D eigenvalue weighted by Gasteiger charge is 2.24. The van der Waals surface area contributed by atoms with Crippen LogP contribution in [-0.4, -0.2) is 39.3 Å². The molecular formula is C19H21ClN4O2. The highest BCUT2D eigenvalue weighted by atomic mass is 35.5. The van der Waals surface area contributed by atoms with E-state index in [1.54, 1.807) is 0 Å². The first-order valence-electron chi connectivity index (χ1n) is 8.76. The molecule has 0 spiro atoms. The van der Waals surface area contributed by atoms with Gasteiger partial charge in [-0.05, 0) is 31.2 Å². The molecule has 1 aliphatic heterocycles. The maximum Gasteiger partial charge on any atom is 0.157 e. The van der Waals surface area contributed by atoms with Crippen molar-refractivity contribution in [2.24, 2.45) is 0 Å². The number of piperidine rings is 1. The summed E-state index contributed by atoms with van der Waals surface area (Å²) in [6.45, 7) is 3.36. The second-order valence-corrected chi connectivity index (χ2v) is 6.93. The first-order chi connectivity index (χ1) is 12.6. The third kappa shape index (κ3) is 3.34. The summed E-state index contributed by atoms with van der Waals surface area (Å²) in [5.41, 5.74) is 1.96. The van der Waals surface area contributed by atoms with Crippen LogP contribution in [0.4, 0.5) is 5.82 Å². The topological polar surface area (TPSA) is 74.3 Å². The lowest BCUT2D eigenvalue weighted by atomic mass is 10.1. The van der Waals surface area contributed by atoms with Crippen molar-refractivity contribution in [3.63, 3.8) is 0 Å². The van der Waals surface area contributed by atoms with Gasteiger partial charge >= 0.3 is 0 Å². The Kier molecular flexibility index (Phi) is 4.70. The lowest BCUT2D eigenvalue weighted by Gasteiger charge is -2.34. The first-order valence-corrected chi connectivity index (χ1v) is 9.14. The molecule has 2 N–H and O–H groups in total. The molecule has 1 fully saturated rings. The molecule has 3 heterocycles. The molecule has 4 rings (SSSR count). The molecule has 0 amide bonds. The van der Waals surface area contributed by atoms with Crippen molar-refractivity contribution >= 4 is 28.3 Å². The lowest BCUT2D eigenvalue weighted by molar-refractivity contribution is 0.171. The number of aromatic amines is 1. The van der Waals surface area contributed by atoms with Crippen LogP contribution in [0.1, 0.15) is 24.2 Å². The molecule has 136 valence electrons. The molecule has 1 saturated heterocycles. The van der Waals surface area contributed by atoms with Gasteiger partial charge in [-0.15, -0.1) is 0 Å².